The first kappa shape index (κ1) is 65.1. The molecule has 8 N–H and O–H groups in total. The topological polar surface area (TPSA) is 189 Å². The lowest BCUT2D eigenvalue weighted by molar-refractivity contribution is -0.303. The van der Waals surface area contributed by atoms with Gasteiger partial charge in [-0.1, -0.05) is 204 Å². The van der Waals surface area contributed by atoms with E-state index in [2.05, 4.69) is 67.8 Å². The van der Waals surface area contributed by atoms with E-state index in [1.807, 2.05) is 0 Å². The van der Waals surface area contributed by atoms with Crippen LogP contribution in [0.25, 0.3) is 0 Å². The molecule has 11 heteroatoms. The van der Waals surface area contributed by atoms with Gasteiger partial charge >= 0.3 is 0 Å². The molecule has 1 amide bonds. The third-order valence-corrected chi connectivity index (χ3v) is 13.6. The van der Waals surface area contributed by atoms with Crippen molar-refractivity contribution in [2.75, 3.05) is 13.2 Å². The molecule has 1 rings (SSSR count). The van der Waals surface area contributed by atoms with Crippen LogP contribution in [0.5, 0.6) is 0 Å². The molecule has 0 aromatic carbocycles. The van der Waals surface area contributed by atoms with Gasteiger partial charge < -0.3 is 50.5 Å². The first-order chi connectivity index (χ1) is 33.7. The summed E-state index contributed by atoms with van der Waals surface area (Å²) in [6.07, 6.45) is 47.3. The van der Waals surface area contributed by atoms with Crippen LogP contribution in [-0.4, -0.2) is 110 Å². The molecule has 1 aliphatic rings. The molecule has 0 bridgehead atoms. The molecule has 9 unspecified atom stereocenters. The molecule has 0 aromatic heterocycles. The minimum atomic E-state index is -1.67. The van der Waals surface area contributed by atoms with E-state index in [1.54, 1.807) is 0 Å². The van der Waals surface area contributed by atoms with Crippen molar-refractivity contribution in [3.05, 3.63) is 48.6 Å². The zero-order valence-electron chi connectivity index (χ0n) is 44.0. The van der Waals surface area contributed by atoms with Crippen molar-refractivity contribution in [1.82, 2.24) is 5.32 Å². The summed E-state index contributed by atoms with van der Waals surface area (Å²) in [5, 5.41) is 76.0. The molecule has 0 saturated carbocycles. The minimum absolute atomic E-state index is 0.239. The maximum absolute atomic E-state index is 13.2. The van der Waals surface area contributed by atoms with Crippen molar-refractivity contribution in [3.8, 4) is 0 Å². The number of amides is 1. The second-order valence-corrected chi connectivity index (χ2v) is 20.0. The van der Waals surface area contributed by atoms with E-state index < -0.39 is 74.2 Å². The predicted octanol–water partition coefficient (Wildman–Crippen LogP) is 11.7. The van der Waals surface area contributed by atoms with Crippen LogP contribution in [0, 0.1) is 0 Å². The van der Waals surface area contributed by atoms with Crippen LogP contribution in [0.3, 0.4) is 0 Å². The van der Waals surface area contributed by atoms with Crippen molar-refractivity contribution >= 4 is 5.91 Å². The Kier molecular flexibility index (Phi) is 44.4. The fourth-order valence-electron chi connectivity index (χ4n) is 8.88. The molecule has 404 valence electrons. The average molecular weight is 978 g/mol. The number of rotatable bonds is 48. The van der Waals surface area contributed by atoms with Crippen molar-refractivity contribution in [3.63, 3.8) is 0 Å². The Morgan fingerprint density at radius 1 is 0.493 bits per heavy atom. The summed E-state index contributed by atoms with van der Waals surface area (Å²) in [5.41, 5.74) is 0. The quantitative estimate of drug-likeness (QED) is 0.0215. The largest absolute Gasteiger partial charge is 0.394 e. The lowest BCUT2D eigenvalue weighted by atomic mass is 9.98. The van der Waals surface area contributed by atoms with Gasteiger partial charge in [0.25, 0.3) is 0 Å². The highest BCUT2D eigenvalue weighted by atomic mass is 16.7. The zero-order chi connectivity index (χ0) is 50.4. The molecule has 1 heterocycles. The van der Waals surface area contributed by atoms with Gasteiger partial charge in [-0.25, -0.2) is 0 Å². The number of allylic oxidation sites excluding steroid dienone is 8. The van der Waals surface area contributed by atoms with Crippen LogP contribution < -0.4 is 5.32 Å². The van der Waals surface area contributed by atoms with Crippen molar-refractivity contribution in [1.29, 1.82) is 0 Å². The zero-order valence-corrected chi connectivity index (χ0v) is 44.0. The Morgan fingerprint density at radius 3 is 1.29 bits per heavy atom. The number of aliphatic hydroxyl groups is 7. The number of nitrogens with one attached hydrogen (secondary N) is 1. The van der Waals surface area contributed by atoms with Crippen LogP contribution >= 0.6 is 0 Å². The fraction of sp³-hybridized carbons (Fsp3) is 0.845. The predicted molar refractivity (Wildman–Crippen MR) is 284 cm³/mol. The first-order valence-corrected chi connectivity index (χ1v) is 28.5. The Hall–Kier alpha value is -1.93. The summed E-state index contributed by atoms with van der Waals surface area (Å²) in [4.78, 5) is 13.2. The second-order valence-electron chi connectivity index (χ2n) is 20.0. The van der Waals surface area contributed by atoms with Gasteiger partial charge in [-0.3, -0.25) is 4.79 Å². The van der Waals surface area contributed by atoms with Crippen molar-refractivity contribution in [2.24, 2.45) is 0 Å². The fourth-order valence-corrected chi connectivity index (χ4v) is 8.88. The SMILES string of the molecule is CCCCCCC/C=C/CC/C=C/CC/C=C/CCCC(O)C(O)C(COC1OC(CO)C(O)C(O)C1O)NC(=O)C(O)CCCCCCCCCC/C=C\CCCCCCCCCCCCCC. The number of carbonyl (C=O) groups is 1. The molecular formula is C58H107NO10. The summed E-state index contributed by atoms with van der Waals surface area (Å²) in [6, 6.07) is -1.20. The van der Waals surface area contributed by atoms with Gasteiger partial charge in [-0.05, 0) is 89.9 Å². The number of hydrogen-bond acceptors (Lipinski definition) is 10. The highest BCUT2D eigenvalue weighted by Gasteiger charge is 2.44. The van der Waals surface area contributed by atoms with Gasteiger partial charge in [0.15, 0.2) is 6.29 Å². The lowest BCUT2D eigenvalue weighted by Crippen LogP contribution is -2.60. The third-order valence-electron chi connectivity index (χ3n) is 13.6. The molecule has 9 atom stereocenters. The Labute approximate surface area is 421 Å². The van der Waals surface area contributed by atoms with Crippen LogP contribution in [0.2, 0.25) is 0 Å². The van der Waals surface area contributed by atoms with Crippen LogP contribution in [-0.2, 0) is 14.3 Å². The maximum Gasteiger partial charge on any atom is 0.249 e. The summed E-state index contributed by atoms with van der Waals surface area (Å²) >= 11 is 0. The summed E-state index contributed by atoms with van der Waals surface area (Å²) in [6.45, 7) is 3.43. The van der Waals surface area contributed by atoms with Gasteiger partial charge in [0, 0.05) is 0 Å². The monoisotopic (exact) mass is 978 g/mol. The molecule has 0 aromatic rings. The third kappa shape index (κ3) is 35.8. The van der Waals surface area contributed by atoms with Crippen molar-refractivity contribution in [2.45, 2.75) is 300 Å². The molecule has 0 spiro atoms. The van der Waals surface area contributed by atoms with Crippen LogP contribution in [0.4, 0.5) is 0 Å². The van der Waals surface area contributed by atoms with E-state index in [0.717, 1.165) is 51.4 Å². The lowest BCUT2D eigenvalue weighted by Gasteiger charge is -2.40. The molecule has 1 aliphatic heterocycles. The Balaban J connectivity index is 2.35. The van der Waals surface area contributed by atoms with E-state index in [4.69, 9.17) is 9.47 Å². The minimum Gasteiger partial charge on any atom is -0.394 e. The van der Waals surface area contributed by atoms with Gasteiger partial charge in [0.2, 0.25) is 5.91 Å². The summed E-state index contributed by atoms with van der Waals surface area (Å²) in [7, 11) is 0. The van der Waals surface area contributed by atoms with E-state index >= 15 is 0 Å². The van der Waals surface area contributed by atoms with Crippen LogP contribution in [0.1, 0.15) is 245 Å². The molecule has 11 nitrogen and oxygen atoms in total. The second kappa shape index (κ2) is 47.1. The number of ether oxygens (including phenoxy) is 2. The Bertz CT molecular complexity index is 1260. The number of aliphatic hydroxyl groups excluding tert-OH is 7. The van der Waals surface area contributed by atoms with E-state index in [1.165, 1.54) is 148 Å². The van der Waals surface area contributed by atoms with E-state index in [-0.39, 0.29) is 12.8 Å². The number of unbranched alkanes of at least 4 members (excludes halogenated alkanes) is 28. The standard InChI is InChI=1S/C58H107NO10/c1-3-5-7-9-11-13-15-17-19-21-23-24-25-26-27-28-30-32-34-36-38-40-42-44-46-51(62)57(67)59-49(48-68-58-56(66)55(65)54(64)52(47-60)69-58)53(63)50(61)45-43-41-39-37-35-33-31-29-22-20-18-16-14-12-10-8-6-4-2/h16,18,26-27,29,31,37,39,49-56,58,60-66H,3-15,17,19-25,28,30,32-36,38,40-48H2,1-2H3,(H,59,67)/b18-16+,27-26-,31-29+,39-37+. The van der Waals surface area contributed by atoms with Gasteiger partial charge in [0.1, 0.15) is 36.6 Å². The molecule has 0 aliphatic carbocycles. The summed E-state index contributed by atoms with van der Waals surface area (Å²) in [5.74, 6) is -0.714. The highest BCUT2D eigenvalue weighted by Crippen LogP contribution is 2.23. The number of carbonyl (C=O) groups excluding carboxylic acids is 1. The summed E-state index contributed by atoms with van der Waals surface area (Å²) < 4.78 is 11.1. The molecule has 69 heavy (non-hydrogen) atoms. The maximum atomic E-state index is 13.2. The van der Waals surface area contributed by atoms with Crippen LogP contribution in [0.15, 0.2) is 48.6 Å². The molecule has 1 fully saturated rings. The highest BCUT2D eigenvalue weighted by molar-refractivity contribution is 5.80. The molecular weight excluding hydrogens is 871 g/mol. The Morgan fingerprint density at radius 2 is 0.870 bits per heavy atom. The normalized spacial score (nSPS) is 20.7. The average Bonchev–Trinajstić information content (AvgIpc) is 3.35. The first-order valence-electron chi connectivity index (χ1n) is 28.5. The van der Waals surface area contributed by atoms with E-state index in [9.17, 15) is 40.5 Å². The number of hydrogen-bond donors (Lipinski definition) is 8. The van der Waals surface area contributed by atoms with Gasteiger partial charge in [0.05, 0.1) is 25.4 Å². The smallest absolute Gasteiger partial charge is 0.249 e. The van der Waals surface area contributed by atoms with Crippen molar-refractivity contribution < 1.29 is 50.0 Å². The molecule has 0 radical (unpaired) electrons. The van der Waals surface area contributed by atoms with Gasteiger partial charge in [-0.2, -0.15) is 0 Å². The van der Waals surface area contributed by atoms with Gasteiger partial charge in [-0.15, -0.1) is 0 Å². The molecule has 1 saturated heterocycles. The van der Waals surface area contributed by atoms with E-state index in [0.29, 0.717) is 19.3 Å².